The third-order valence-electron chi connectivity index (χ3n) is 12.7. The molecule has 0 bridgehead atoms. The van der Waals surface area contributed by atoms with Crippen LogP contribution in [0, 0.1) is 0 Å². The number of thiophene rings is 1. The van der Waals surface area contributed by atoms with Gasteiger partial charge in [-0.15, -0.1) is 11.3 Å². The zero-order valence-corrected chi connectivity index (χ0v) is 36.7. The van der Waals surface area contributed by atoms with E-state index in [-0.39, 0.29) is 5.92 Å². The van der Waals surface area contributed by atoms with Crippen LogP contribution in [0.1, 0.15) is 47.8 Å². The largest absolute Gasteiger partial charge is 0.208 e. The summed E-state index contributed by atoms with van der Waals surface area (Å²) < 4.78 is 1.33. The van der Waals surface area contributed by atoms with Gasteiger partial charge in [-0.1, -0.05) is 189 Å². The van der Waals surface area contributed by atoms with Gasteiger partial charge in [0.25, 0.3) is 0 Å². The molecule has 0 spiro atoms. The molecule has 3 nitrogen and oxygen atoms in total. The Balaban J connectivity index is 1.06. The lowest BCUT2D eigenvalue weighted by atomic mass is 9.88. The summed E-state index contributed by atoms with van der Waals surface area (Å²) in [6.45, 7) is 4.54. The normalized spacial score (nSPS) is 12.4. The van der Waals surface area contributed by atoms with Crippen molar-refractivity contribution in [3.8, 4) is 45.3 Å². The van der Waals surface area contributed by atoms with Crippen LogP contribution in [-0.4, -0.2) is 15.0 Å². The predicted molar refractivity (Wildman–Crippen MR) is 272 cm³/mol. The summed E-state index contributed by atoms with van der Waals surface area (Å²) in [5.41, 5.74) is 10.4. The molecule has 0 aliphatic rings. The Morgan fingerprint density at radius 1 is 0.453 bits per heavy atom. The fourth-order valence-corrected chi connectivity index (χ4v) is 10.6. The lowest BCUT2D eigenvalue weighted by molar-refractivity contribution is 0.684. The second-order valence-electron chi connectivity index (χ2n) is 16.6. The lowest BCUT2D eigenvalue weighted by Crippen LogP contribution is -2.02. The molecule has 2 heterocycles. The van der Waals surface area contributed by atoms with Crippen LogP contribution in [0.3, 0.4) is 0 Å². The van der Waals surface area contributed by atoms with E-state index in [1.54, 1.807) is 0 Å². The Bertz CT molecular complexity index is 3430. The van der Waals surface area contributed by atoms with E-state index in [0.717, 1.165) is 40.7 Å². The Morgan fingerprint density at radius 2 is 0.938 bits per heavy atom. The van der Waals surface area contributed by atoms with Gasteiger partial charge in [-0.25, -0.2) is 15.0 Å². The highest BCUT2D eigenvalue weighted by atomic mass is 32.1. The van der Waals surface area contributed by atoms with Gasteiger partial charge in [0.15, 0.2) is 17.5 Å². The standard InChI is InChI=1S/C60H45N3S/c1-3-47(40-19-7-4-8-20-40)57-53-29-17-18-30-55(53)64-56(57)34-31-39(2)44-35-45(43-32-33-52-50-27-14-13-25-48(50)49-26-15-16-28-51(49)54(52)38-43)37-46(36-44)60-62-58(41-21-9-5-10-22-41)61-59(63-60)42-23-11-6-12-24-42/h3-30,32-33,35-39H,31,34H2,1-2H3/b47-3+. The Kier molecular flexibility index (Phi) is 10.4. The van der Waals surface area contributed by atoms with Crippen LogP contribution in [0.15, 0.2) is 206 Å². The van der Waals surface area contributed by atoms with Gasteiger partial charge in [0.05, 0.1) is 0 Å². The summed E-state index contributed by atoms with van der Waals surface area (Å²) in [6, 6.07) is 71.8. The zero-order valence-electron chi connectivity index (χ0n) is 35.9. The fourth-order valence-electron chi connectivity index (χ4n) is 9.41. The highest BCUT2D eigenvalue weighted by Gasteiger charge is 2.20. The van der Waals surface area contributed by atoms with Gasteiger partial charge in [0, 0.05) is 37.2 Å². The molecule has 64 heavy (non-hydrogen) atoms. The summed E-state index contributed by atoms with van der Waals surface area (Å²) in [5, 5.41) is 8.91. The quantitative estimate of drug-likeness (QED) is 0.129. The molecule has 11 rings (SSSR count). The zero-order chi connectivity index (χ0) is 43.0. The van der Waals surface area contributed by atoms with Crippen molar-refractivity contribution in [3.63, 3.8) is 0 Å². The van der Waals surface area contributed by atoms with Crippen LogP contribution >= 0.6 is 11.3 Å². The SMILES string of the molecule is C/C=C(\c1ccccc1)c1c(CCC(C)c2cc(-c3ccc4c5ccccc5c5ccccc5c4c3)cc(-c3nc(-c4ccccc4)nc(-c4ccccc4)n3)c2)sc2ccccc12. The van der Waals surface area contributed by atoms with E-state index in [9.17, 15) is 0 Å². The van der Waals surface area contributed by atoms with Crippen molar-refractivity contribution in [2.24, 2.45) is 0 Å². The minimum atomic E-state index is 0.233. The van der Waals surface area contributed by atoms with Gasteiger partial charge in [0.1, 0.15) is 0 Å². The van der Waals surface area contributed by atoms with Gasteiger partial charge in [-0.3, -0.25) is 0 Å². The number of hydrogen-bond acceptors (Lipinski definition) is 4. The van der Waals surface area contributed by atoms with Crippen molar-refractivity contribution in [3.05, 3.63) is 228 Å². The summed E-state index contributed by atoms with van der Waals surface area (Å²) in [5.74, 6) is 2.21. The first kappa shape index (κ1) is 39.3. The average Bonchev–Trinajstić information content (AvgIpc) is 3.74. The van der Waals surface area contributed by atoms with E-state index in [4.69, 9.17) is 15.0 Å². The third kappa shape index (κ3) is 7.36. The molecule has 1 atom stereocenters. The molecular formula is C60H45N3S. The summed E-state index contributed by atoms with van der Waals surface area (Å²) in [4.78, 5) is 16.9. The molecule has 0 fully saturated rings. The smallest absolute Gasteiger partial charge is 0.164 e. The number of nitrogens with zero attached hydrogens (tertiary/aromatic N) is 3. The number of hydrogen-bond donors (Lipinski definition) is 0. The highest BCUT2D eigenvalue weighted by Crippen LogP contribution is 2.42. The predicted octanol–water partition coefficient (Wildman–Crippen LogP) is 16.4. The van der Waals surface area contributed by atoms with Crippen molar-refractivity contribution in [2.75, 3.05) is 0 Å². The molecule has 0 radical (unpaired) electrons. The van der Waals surface area contributed by atoms with Gasteiger partial charge in [-0.05, 0) is 110 Å². The Labute approximate surface area is 378 Å². The van der Waals surface area contributed by atoms with Crippen molar-refractivity contribution in [1.82, 2.24) is 15.0 Å². The maximum Gasteiger partial charge on any atom is 0.164 e. The van der Waals surface area contributed by atoms with E-state index in [2.05, 4.69) is 184 Å². The number of allylic oxidation sites excluding steroid dienone is 1. The van der Waals surface area contributed by atoms with E-state index in [1.165, 1.54) is 69.5 Å². The van der Waals surface area contributed by atoms with Gasteiger partial charge >= 0.3 is 0 Å². The molecule has 306 valence electrons. The first-order valence-electron chi connectivity index (χ1n) is 22.2. The van der Waals surface area contributed by atoms with Crippen LogP contribution in [0.5, 0.6) is 0 Å². The van der Waals surface area contributed by atoms with Crippen molar-refractivity contribution >= 4 is 59.3 Å². The Morgan fingerprint density at radius 3 is 1.53 bits per heavy atom. The molecule has 0 aliphatic heterocycles. The van der Waals surface area contributed by atoms with Crippen LogP contribution in [0.25, 0.3) is 93.3 Å². The molecule has 4 heteroatoms. The van der Waals surface area contributed by atoms with Crippen LogP contribution in [-0.2, 0) is 6.42 Å². The molecule has 0 aliphatic carbocycles. The minimum absolute atomic E-state index is 0.233. The van der Waals surface area contributed by atoms with Gasteiger partial charge in [-0.2, -0.15) is 0 Å². The van der Waals surface area contributed by atoms with E-state index in [0.29, 0.717) is 17.5 Å². The van der Waals surface area contributed by atoms with Gasteiger partial charge < -0.3 is 0 Å². The number of benzene rings is 9. The topological polar surface area (TPSA) is 38.7 Å². The first-order valence-corrected chi connectivity index (χ1v) is 23.0. The molecule has 0 saturated carbocycles. The van der Waals surface area contributed by atoms with E-state index < -0.39 is 0 Å². The number of rotatable bonds is 10. The first-order chi connectivity index (χ1) is 31.6. The molecule has 0 saturated heterocycles. The second-order valence-corrected chi connectivity index (χ2v) is 17.8. The van der Waals surface area contributed by atoms with Gasteiger partial charge in [0.2, 0.25) is 0 Å². The molecule has 1 unspecified atom stereocenters. The number of aryl methyl sites for hydroxylation is 1. The van der Waals surface area contributed by atoms with Crippen molar-refractivity contribution in [2.45, 2.75) is 32.6 Å². The molecule has 0 N–H and O–H groups in total. The maximum atomic E-state index is 5.22. The molecule has 11 aromatic rings. The molecular weight excluding hydrogens is 795 g/mol. The molecule has 2 aromatic heterocycles. The molecule has 0 amide bonds. The highest BCUT2D eigenvalue weighted by molar-refractivity contribution is 7.19. The van der Waals surface area contributed by atoms with E-state index >= 15 is 0 Å². The summed E-state index contributed by atoms with van der Waals surface area (Å²) in [7, 11) is 0. The monoisotopic (exact) mass is 839 g/mol. The van der Waals surface area contributed by atoms with Crippen LogP contribution in [0.2, 0.25) is 0 Å². The number of fused-ring (bicyclic) bond motifs is 7. The van der Waals surface area contributed by atoms with E-state index in [1.807, 2.05) is 47.7 Å². The van der Waals surface area contributed by atoms with Crippen molar-refractivity contribution < 1.29 is 0 Å². The number of aromatic nitrogens is 3. The Hall–Kier alpha value is -7.53. The second kappa shape index (κ2) is 17.0. The average molecular weight is 840 g/mol. The van der Waals surface area contributed by atoms with Crippen LogP contribution < -0.4 is 0 Å². The maximum absolute atomic E-state index is 5.22. The minimum Gasteiger partial charge on any atom is -0.208 e. The fraction of sp³-hybridized carbons (Fsp3) is 0.0833. The summed E-state index contributed by atoms with van der Waals surface area (Å²) >= 11 is 1.93. The third-order valence-corrected chi connectivity index (χ3v) is 13.9. The lowest BCUT2D eigenvalue weighted by Gasteiger charge is -2.18. The van der Waals surface area contributed by atoms with Crippen molar-refractivity contribution in [1.29, 1.82) is 0 Å². The molecule has 9 aromatic carbocycles. The summed E-state index contributed by atoms with van der Waals surface area (Å²) in [6.07, 6.45) is 4.21. The van der Waals surface area contributed by atoms with Crippen LogP contribution in [0.4, 0.5) is 0 Å².